The summed E-state index contributed by atoms with van der Waals surface area (Å²) < 4.78 is 0. The van der Waals surface area contributed by atoms with E-state index in [1.165, 1.54) is 31.2 Å². The van der Waals surface area contributed by atoms with Crippen LogP contribution in [0.5, 0.6) is 0 Å². The van der Waals surface area contributed by atoms with Gasteiger partial charge >= 0.3 is 0 Å². The first kappa shape index (κ1) is 22.3. The van der Waals surface area contributed by atoms with Gasteiger partial charge in [-0.3, -0.25) is 24.5 Å². The van der Waals surface area contributed by atoms with E-state index in [1.807, 2.05) is 0 Å². The van der Waals surface area contributed by atoms with E-state index >= 15 is 0 Å². The van der Waals surface area contributed by atoms with Crippen LogP contribution in [0, 0.1) is 10.1 Å². The number of anilines is 1. The van der Waals surface area contributed by atoms with Crippen molar-refractivity contribution >= 4 is 35.2 Å². The van der Waals surface area contributed by atoms with Crippen molar-refractivity contribution in [3.05, 3.63) is 75.5 Å². The first-order valence-electron chi connectivity index (χ1n) is 9.13. The number of benzene rings is 2. The number of rotatable bonds is 8. The Labute approximate surface area is 173 Å². The SMILES string of the molecule is CNC(=O)CCc1ccc(NC(=O)/C(=C/c2cccc([N+](=O)[O-])c2)NC(C)=O)cc1. The third-order valence-corrected chi connectivity index (χ3v) is 4.08. The molecule has 0 spiro atoms. The van der Waals surface area contributed by atoms with Crippen molar-refractivity contribution < 1.29 is 19.3 Å². The smallest absolute Gasteiger partial charge is 0.272 e. The van der Waals surface area contributed by atoms with Gasteiger partial charge in [0.2, 0.25) is 11.8 Å². The van der Waals surface area contributed by atoms with Gasteiger partial charge in [0, 0.05) is 38.2 Å². The van der Waals surface area contributed by atoms with E-state index in [4.69, 9.17) is 0 Å². The lowest BCUT2D eigenvalue weighted by molar-refractivity contribution is -0.384. The molecule has 2 rings (SSSR count). The number of nitrogens with one attached hydrogen (secondary N) is 3. The number of amides is 3. The highest BCUT2D eigenvalue weighted by molar-refractivity contribution is 6.08. The Kier molecular flexibility index (Phi) is 7.81. The Morgan fingerprint density at radius 3 is 2.40 bits per heavy atom. The van der Waals surface area contributed by atoms with Gasteiger partial charge in [-0.15, -0.1) is 0 Å². The van der Waals surface area contributed by atoms with E-state index in [-0.39, 0.29) is 17.3 Å². The fraction of sp³-hybridized carbons (Fsp3) is 0.190. The molecule has 2 aromatic rings. The number of non-ortho nitro benzene ring substituents is 1. The van der Waals surface area contributed by atoms with E-state index in [2.05, 4.69) is 16.0 Å². The molecular formula is C21H22N4O5. The predicted molar refractivity (Wildman–Crippen MR) is 112 cm³/mol. The molecule has 156 valence electrons. The lowest BCUT2D eigenvalue weighted by Gasteiger charge is -2.10. The zero-order valence-corrected chi connectivity index (χ0v) is 16.6. The zero-order chi connectivity index (χ0) is 22.1. The number of aryl methyl sites for hydroxylation is 1. The third kappa shape index (κ3) is 6.86. The van der Waals surface area contributed by atoms with Gasteiger partial charge < -0.3 is 16.0 Å². The highest BCUT2D eigenvalue weighted by Gasteiger charge is 2.13. The topological polar surface area (TPSA) is 130 Å². The van der Waals surface area contributed by atoms with Crippen molar-refractivity contribution in [2.45, 2.75) is 19.8 Å². The van der Waals surface area contributed by atoms with Crippen molar-refractivity contribution in [1.82, 2.24) is 10.6 Å². The molecule has 0 aliphatic heterocycles. The van der Waals surface area contributed by atoms with Crippen LogP contribution in [0.25, 0.3) is 6.08 Å². The fourth-order valence-electron chi connectivity index (χ4n) is 2.58. The molecule has 9 nitrogen and oxygen atoms in total. The van der Waals surface area contributed by atoms with Crippen molar-refractivity contribution in [3.8, 4) is 0 Å². The molecule has 0 aliphatic carbocycles. The standard InChI is InChI=1S/C21H22N4O5/c1-14(26)23-19(13-16-4-3-5-18(12-16)25(29)30)21(28)24-17-9-6-15(7-10-17)8-11-20(27)22-2/h3-7,9-10,12-13H,8,11H2,1-2H3,(H,22,27)(H,23,26)(H,24,28)/b19-13-. The minimum absolute atomic E-state index is 0.0494. The lowest BCUT2D eigenvalue weighted by Crippen LogP contribution is -2.28. The Bertz CT molecular complexity index is 983. The average molecular weight is 410 g/mol. The van der Waals surface area contributed by atoms with E-state index in [9.17, 15) is 24.5 Å². The average Bonchev–Trinajstić information content (AvgIpc) is 2.72. The Morgan fingerprint density at radius 1 is 1.10 bits per heavy atom. The fourth-order valence-corrected chi connectivity index (χ4v) is 2.58. The van der Waals surface area contributed by atoms with Crippen LogP contribution in [0.1, 0.15) is 24.5 Å². The molecule has 0 fully saturated rings. The number of nitro benzene ring substituents is 1. The van der Waals surface area contributed by atoms with Crippen LogP contribution in [-0.4, -0.2) is 29.7 Å². The first-order valence-corrected chi connectivity index (χ1v) is 9.13. The summed E-state index contributed by atoms with van der Waals surface area (Å²) in [6.07, 6.45) is 2.29. The molecule has 0 saturated heterocycles. The Morgan fingerprint density at radius 2 is 1.80 bits per heavy atom. The normalized spacial score (nSPS) is 10.8. The molecule has 0 saturated carbocycles. The van der Waals surface area contributed by atoms with E-state index in [1.54, 1.807) is 37.4 Å². The molecule has 0 atom stereocenters. The molecule has 0 radical (unpaired) electrons. The number of carbonyl (C=O) groups excluding carboxylic acids is 3. The number of hydrogen-bond acceptors (Lipinski definition) is 5. The van der Waals surface area contributed by atoms with Crippen molar-refractivity contribution in [1.29, 1.82) is 0 Å². The molecule has 9 heteroatoms. The number of carbonyl (C=O) groups is 3. The van der Waals surface area contributed by atoms with Gasteiger partial charge in [-0.05, 0) is 35.8 Å². The van der Waals surface area contributed by atoms with Gasteiger partial charge in [0.05, 0.1) is 4.92 Å². The highest BCUT2D eigenvalue weighted by Crippen LogP contribution is 2.17. The van der Waals surface area contributed by atoms with Gasteiger partial charge in [-0.2, -0.15) is 0 Å². The van der Waals surface area contributed by atoms with Gasteiger partial charge in [-0.1, -0.05) is 24.3 Å². The third-order valence-electron chi connectivity index (χ3n) is 4.08. The molecule has 0 aromatic heterocycles. The molecule has 0 bridgehead atoms. The maximum Gasteiger partial charge on any atom is 0.272 e. The van der Waals surface area contributed by atoms with E-state index < -0.39 is 16.7 Å². The molecule has 3 amide bonds. The summed E-state index contributed by atoms with van der Waals surface area (Å²) in [5, 5.41) is 18.6. The largest absolute Gasteiger partial charge is 0.359 e. The summed E-state index contributed by atoms with van der Waals surface area (Å²) in [5.41, 5.74) is 1.66. The van der Waals surface area contributed by atoms with Gasteiger partial charge in [-0.25, -0.2) is 0 Å². The summed E-state index contributed by atoms with van der Waals surface area (Å²) in [6, 6.07) is 12.7. The summed E-state index contributed by atoms with van der Waals surface area (Å²) in [4.78, 5) is 45.8. The second kappa shape index (κ2) is 10.5. The monoisotopic (exact) mass is 410 g/mol. The predicted octanol–water partition coefficient (Wildman–Crippen LogP) is 2.39. The maximum absolute atomic E-state index is 12.6. The van der Waals surface area contributed by atoms with Crippen LogP contribution < -0.4 is 16.0 Å². The molecular weight excluding hydrogens is 388 g/mol. The van der Waals surface area contributed by atoms with Crippen LogP contribution in [0.4, 0.5) is 11.4 Å². The van der Waals surface area contributed by atoms with Crippen molar-refractivity contribution in [2.75, 3.05) is 12.4 Å². The van der Waals surface area contributed by atoms with E-state index in [0.29, 0.717) is 24.1 Å². The summed E-state index contributed by atoms with van der Waals surface area (Å²) in [5.74, 6) is -1.08. The Balaban J connectivity index is 2.15. The van der Waals surface area contributed by atoms with Gasteiger partial charge in [0.25, 0.3) is 11.6 Å². The first-order chi connectivity index (χ1) is 14.3. The number of hydrogen-bond donors (Lipinski definition) is 3. The van der Waals surface area contributed by atoms with Gasteiger partial charge in [0.1, 0.15) is 5.70 Å². The molecule has 2 aromatic carbocycles. The minimum atomic E-state index is -0.574. The van der Waals surface area contributed by atoms with Crippen molar-refractivity contribution in [3.63, 3.8) is 0 Å². The molecule has 30 heavy (non-hydrogen) atoms. The number of nitro groups is 1. The van der Waals surface area contributed by atoms with Crippen LogP contribution in [0.15, 0.2) is 54.2 Å². The Hall–Kier alpha value is -4.01. The highest BCUT2D eigenvalue weighted by atomic mass is 16.6. The molecule has 3 N–H and O–H groups in total. The second-order valence-electron chi connectivity index (χ2n) is 6.42. The molecule has 0 heterocycles. The quantitative estimate of drug-likeness (QED) is 0.349. The zero-order valence-electron chi connectivity index (χ0n) is 16.6. The maximum atomic E-state index is 12.6. The molecule has 0 aliphatic rings. The minimum Gasteiger partial charge on any atom is -0.359 e. The van der Waals surface area contributed by atoms with Crippen LogP contribution >= 0.6 is 0 Å². The second-order valence-corrected chi connectivity index (χ2v) is 6.42. The summed E-state index contributed by atoms with van der Waals surface area (Å²) in [6.45, 7) is 1.26. The van der Waals surface area contributed by atoms with Gasteiger partial charge in [0.15, 0.2) is 0 Å². The summed E-state index contributed by atoms with van der Waals surface area (Å²) >= 11 is 0. The van der Waals surface area contributed by atoms with Crippen LogP contribution in [0.3, 0.4) is 0 Å². The van der Waals surface area contributed by atoms with Crippen molar-refractivity contribution in [2.24, 2.45) is 0 Å². The van der Waals surface area contributed by atoms with E-state index in [0.717, 1.165) is 5.56 Å². The number of nitrogens with zero attached hydrogens (tertiary/aromatic N) is 1. The molecule has 0 unspecified atom stereocenters. The lowest BCUT2D eigenvalue weighted by atomic mass is 10.1. The summed E-state index contributed by atoms with van der Waals surface area (Å²) in [7, 11) is 1.58. The van der Waals surface area contributed by atoms with Crippen LogP contribution in [0.2, 0.25) is 0 Å². The van der Waals surface area contributed by atoms with Crippen LogP contribution in [-0.2, 0) is 20.8 Å².